The number of rotatable bonds is 5. The van der Waals surface area contributed by atoms with Crippen LogP contribution in [0.1, 0.15) is 12.5 Å². The minimum Gasteiger partial charge on any atom is -0.378 e. The molecule has 1 atom stereocenters. The molecule has 0 bridgehead atoms. The molecule has 1 fully saturated rings. The smallest absolute Gasteiger partial charge is 0.378 e. The fourth-order valence-corrected chi connectivity index (χ4v) is 4.81. The predicted octanol–water partition coefficient (Wildman–Crippen LogP) is 4.26. The van der Waals surface area contributed by atoms with E-state index in [-0.39, 0.29) is 6.04 Å². The van der Waals surface area contributed by atoms with E-state index in [9.17, 15) is 21.6 Å². The first-order valence-electron chi connectivity index (χ1n) is 10.4. The Kier molecular flexibility index (Phi) is 6.00. The summed E-state index contributed by atoms with van der Waals surface area (Å²) in [7, 11) is -1.38. The fraction of sp³-hybridized carbons (Fsp3) is 0.348. The highest BCUT2D eigenvalue weighted by Crippen LogP contribution is 2.32. The average Bonchev–Trinajstić information content (AvgIpc) is 3.13. The molecule has 2 aromatic carbocycles. The van der Waals surface area contributed by atoms with E-state index < -0.39 is 20.2 Å². The van der Waals surface area contributed by atoms with Crippen molar-refractivity contribution in [3.05, 3.63) is 60.3 Å². The minimum atomic E-state index is -5.35. The van der Waals surface area contributed by atoms with E-state index >= 15 is 0 Å². The Morgan fingerprint density at radius 1 is 1.09 bits per heavy atom. The number of hydrogen-bond donors (Lipinski definition) is 0. The molecule has 0 spiro atoms. The summed E-state index contributed by atoms with van der Waals surface area (Å²) in [5.74, 6) is 0. The molecule has 1 saturated heterocycles. The Hall–Kier alpha value is -2.85. The third-order valence-corrected chi connectivity index (χ3v) is 7.49. The largest absolute Gasteiger partial charge is 0.501 e. The van der Waals surface area contributed by atoms with Crippen molar-refractivity contribution in [1.29, 1.82) is 0 Å². The van der Waals surface area contributed by atoms with Crippen molar-refractivity contribution in [1.82, 2.24) is 9.88 Å². The number of nitrogens with zero attached hydrogens (tertiary/aromatic N) is 4. The number of benzene rings is 2. The summed E-state index contributed by atoms with van der Waals surface area (Å²) in [6, 6.07) is 13.3. The van der Waals surface area contributed by atoms with Crippen LogP contribution in [0.15, 0.2) is 59.6 Å². The first-order chi connectivity index (χ1) is 15.5. The Bertz CT molecular complexity index is 1260. The summed E-state index contributed by atoms with van der Waals surface area (Å²) in [4.78, 5) is 10.1. The molecule has 10 heteroatoms. The molecule has 0 N–H and O–H groups in total. The van der Waals surface area contributed by atoms with Crippen LogP contribution in [-0.4, -0.2) is 57.2 Å². The third kappa shape index (κ3) is 4.49. The Morgan fingerprint density at radius 2 is 1.79 bits per heavy atom. The van der Waals surface area contributed by atoms with E-state index in [4.69, 9.17) is 0 Å². The quantitative estimate of drug-likeness (QED) is 0.546. The minimum absolute atomic E-state index is 0.202. The van der Waals surface area contributed by atoms with Crippen LogP contribution in [0.3, 0.4) is 0 Å². The zero-order valence-electron chi connectivity index (χ0n) is 18.5. The molecule has 33 heavy (non-hydrogen) atoms. The lowest BCUT2D eigenvalue weighted by molar-refractivity contribution is -0.0436. The van der Waals surface area contributed by atoms with Crippen LogP contribution in [0, 0.1) is 0 Å². The van der Waals surface area contributed by atoms with Crippen molar-refractivity contribution >= 4 is 32.1 Å². The first kappa shape index (κ1) is 23.3. The molecular weight excluding hydrogens is 453 g/mol. The molecule has 1 aliphatic rings. The topological polar surface area (TPSA) is 56.8 Å². The maximum Gasteiger partial charge on any atom is 0.501 e. The Morgan fingerprint density at radius 3 is 2.42 bits per heavy atom. The number of pyridine rings is 1. The molecule has 6 nitrogen and oxygen atoms in total. The third-order valence-electron chi connectivity index (χ3n) is 5.98. The van der Waals surface area contributed by atoms with E-state index in [1.165, 1.54) is 12.1 Å². The van der Waals surface area contributed by atoms with Crippen molar-refractivity contribution in [3.8, 4) is 0 Å². The number of alkyl halides is 3. The van der Waals surface area contributed by atoms with Crippen LogP contribution in [-0.2, 0) is 16.4 Å². The Labute approximate surface area is 191 Å². The van der Waals surface area contributed by atoms with Gasteiger partial charge in [-0.3, -0.25) is 9.88 Å². The summed E-state index contributed by atoms with van der Waals surface area (Å²) in [6.07, 6.45) is 1.80. The van der Waals surface area contributed by atoms with E-state index in [0.717, 1.165) is 34.3 Å². The predicted molar refractivity (Wildman–Crippen MR) is 123 cm³/mol. The number of halogens is 3. The van der Waals surface area contributed by atoms with Crippen LogP contribution < -0.4 is 9.80 Å². The van der Waals surface area contributed by atoms with Crippen LogP contribution in [0.5, 0.6) is 0 Å². The fourth-order valence-electron chi connectivity index (χ4n) is 4.04. The Balaban J connectivity index is 1.52. The van der Waals surface area contributed by atoms with Crippen LogP contribution in [0.25, 0.3) is 10.9 Å². The molecule has 1 aromatic heterocycles. The van der Waals surface area contributed by atoms with Gasteiger partial charge < -0.3 is 9.80 Å². The van der Waals surface area contributed by atoms with Gasteiger partial charge in [-0.25, -0.2) is 8.42 Å². The molecule has 176 valence electrons. The lowest BCUT2D eigenvalue weighted by Gasteiger charge is -2.22. The summed E-state index contributed by atoms with van der Waals surface area (Å²) in [5, 5.41) is 1.08. The standard InChI is InChI=1S/C23H25F3N4O2S/c1-16-13-30(18-4-7-20(8-5-18)33(31,32)23(24,25)26)15-29(16)14-17-10-11-27-22-12-19(28(2)3)6-9-21(17)22/h4-12,16H,13-15H2,1-3H3. The van der Waals surface area contributed by atoms with Crippen LogP contribution >= 0.6 is 0 Å². The normalized spacial score (nSPS) is 17.6. The second-order valence-electron chi connectivity index (χ2n) is 8.47. The maximum atomic E-state index is 12.8. The molecule has 0 radical (unpaired) electrons. The van der Waals surface area contributed by atoms with Gasteiger partial charge in [0.2, 0.25) is 0 Å². The lowest BCUT2D eigenvalue weighted by atomic mass is 10.1. The van der Waals surface area contributed by atoms with E-state index in [1.54, 1.807) is 6.20 Å². The van der Waals surface area contributed by atoms with Crippen molar-refractivity contribution in [2.24, 2.45) is 0 Å². The van der Waals surface area contributed by atoms with Crippen molar-refractivity contribution < 1.29 is 21.6 Å². The summed E-state index contributed by atoms with van der Waals surface area (Å²) in [5.41, 5.74) is -1.49. The molecule has 1 aliphatic heterocycles. The molecule has 0 aliphatic carbocycles. The highest BCUT2D eigenvalue weighted by atomic mass is 32.2. The lowest BCUT2D eigenvalue weighted by Crippen LogP contribution is -2.28. The molecule has 0 saturated carbocycles. The number of sulfone groups is 1. The van der Waals surface area contributed by atoms with Gasteiger partial charge in [0.05, 0.1) is 17.1 Å². The molecular formula is C23H25F3N4O2S. The second kappa shape index (κ2) is 8.49. The second-order valence-corrected chi connectivity index (χ2v) is 10.4. The molecule has 4 rings (SSSR count). The number of anilines is 2. The zero-order valence-corrected chi connectivity index (χ0v) is 19.4. The average molecular weight is 479 g/mol. The number of fused-ring (bicyclic) bond motifs is 1. The van der Waals surface area contributed by atoms with Gasteiger partial charge in [0.15, 0.2) is 0 Å². The van der Waals surface area contributed by atoms with Crippen molar-refractivity contribution in [2.75, 3.05) is 37.1 Å². The van der Waals surface area contributed by atoms with E-state index in [0.29, 0.717) is 25.4 Å². The molecule has 2 heterocycles. The number of aromatic nitrogens is 1. The molecule has 3 aromatic rings. The van der Waals surface area contributed by atoms with Gasteiger partial charge in [0.25, 0.3) is 9.84 Å². The maximum absolute atomic E-state index is 12.8. The van der Waals surface area contributed by atoms with Gasteiger partial charge in [-0.2, -0.15) is 13.2 Å². The summed E-state index contributed by atoms with van der Waals surface area (Å²) >= 11 is 0. The van der Waals surface area contributed by atoms with Crippen LogP contribution in [0.2, 0.25) is 0 Å². The van der Waals surface area contributed by atoms with Crippen molar-refractivity contribution in [2.45, 2.75) is 29.9 Å². The zero-order chi connectivity index (χ0) is 24.0. The SMILES string of the molecule is CC1CN(c2ccc(S(=O)(=O)C(F)(F)F)cc2)CN1Cc1ccnc2cc(N(C)C)ccc12. The summed E-state index contributed by atoms with van der Waals surface area (Å²) in [6.45, 7) is 4.04. The van der Waals surface area contributed by atoms with Gasteiger partial charge in [0.1, 0.15) is 0 Å². The van der Waals surface area contributed by atoms with Gasteiger partial charge in [-0.1, -0.05) is 6.07 Å². The highest BCUT2D eigenvalue weighted by molar-refractivity contribution is 7.92. The van der Waals surface area contributed by atoms with Gasteiger partial charge in [0, 0.05) is 56.2 Å². The molecule has 1 unspecified atom stereocenters. The van der Waals surface area contributed by atoms with Gasteiger partial charge in [-0.05, 0) is 55.0 Å². The first-order valence-corrected chi connectivity index (χ1v) is 11.9. The van der Waals surface area contributed by atoms with Crippen molar-refractivity contribution in [3.63, 3.8) is 0 Å². The van der Waals surface area contributed by atoms with Crippen LogP contribution in [0.4, 0.5) is 24.5 Å². The van der Waals surface area contributed by atoms with Gasteiger partial charge >= 0.3 is 5.51 Å². The molecule has 0 amide bonds. The van der Waals surface area contributed by atoms with E-state index in [1.807, 2.05) is 30.0 Å². The van der Waals surface area contributed by atoms with E-state index in [2.05, 4.69) is 35.0 Å². The highest BCUT2D eigenvalue weighted by Gasteiger charge is 2.46. The number of hydrogen-bond acceptors (Lipinski definition) is 6. The van der Waals surface area contributed by atoms with Gasteiger partial charge in [-0.15, -0.1) is 0 Å². The summed E-state index contributed by atoms with van der Waals surface area (Å²) < 4.78 is 61.6. The monoisotopic (exact) mass is 478 g/mol.